The molecule has 0 aliphatic rings. The van der Waals surface area contributed by atoms with Crippen LogP contribution in [0, 0.1) is 0 Å². The molecule has 0 amide bonds. The largest absolute Gasteiger partial charge is 0.382 e. The Labute approximate surface area is 157 Å². The zero-order valence-corrected chi connectivity index (χ0v) is 16.6. The Hall–Kier alpha value is -0.330. The average molecular weight is 402 g/mol. The Morgan fingerprint density at radius 1 is 0.692 bits per heavy atom. The van der Waals surface area contributed by atoms with Gasteiger partial charge in [-0.05, 0) is 26.3 Å². The highest BCUT2D eigenvalue weighted by molar-refractivity contribution is 7.85. The number of hydrogen-bond acceptors (Lipinski definition) is 8. The van der Waals surface area contributed by atoms with Gasteiger partial charge in [0.25, 0.3) is 10.1 Å². The van der Waals surface area contributed by atoms with Gasteiger partial charge in [-0.2, -0.15) is 8.42 Å². The molecular weight excluding hydrogens is 366 g/mol. The second-order valence-electron chi connectivity index (χ2n) is 5.39. The second kappa shape index (κ2) is 19.4. The van der Waals surface area contributed by atoms with Gasteiger partial charge in [0, 0.05) is 26.4 Å². The minimum atomic E-state index is -3.86. The van der Waals surface area contributed by atoms with Crippen molar-refractivity contribution in [2.24, 2.45) is 0 Å². The predicted octanol–water partition coefficient (Wildman–Crippen LogP) is 0.347. The van der Waals surface area contributed by atoms with Crippen LogP contribution in [-0.4, -0.2) is 97.9 Å². The van der Waals surface area contributed by atoms with Gasteiger partial charge in [0.05, 0.1) is 52.0 Å². The summed E-state index contributed by atoms with van der Waals surface area (Å²) in [5, 5.41) is 3.03. The van der Waals surface area contributed by atoms with Gasteiger partial charge < -0.3 is 29.0 Å². The lowest BCUT2D eigenvalue weighted by atomic mass is 10.5. The van der Waals surface area contributed by atoms with E-state index in [2.05, 4.69) is 5.32 Å². The van der Waals surface area contributed by atoms with Crippen molar-refractivity contribution in [1.82, 2.24) is 5.32 Å². The Bertz CT molecular complexity index is 380. The third-order valence-electron chi connectivity index (χ3n) is 3.08. The molecule has 0 fully saturated rings. The van der Waals surface area contributed by atoms with E-state index in [1.165, 1.54) is 0 Å². The molecule has 0 aromatic rings. The van der Waals surface area contributed by atoms with E-state index in [4.69, 9.17) is 28.2 Å². The molecular formula is C16H35NO8S. The molecule has 0 saturated carbocycles. The normalized spacial score (nSPS) is 11.9. The topological polar surface area (TPSA) is 113 Å². The Morgan fingerprint density at radius 2 is 1.19 bits per heavy atom. The van der Waals surface area contributed by atoms with Gasteiger partial charge in [-0.1, -0.05) is 0 Å². The van der Waals surface area contributed by atoms with Crippen LogP contribution in [0.5, 0.6) is 0 Å². The summed E-state index contributed by atoms with van der Waals surface area (Å²) in [5.74, 6) is -0.225. The molecule has 0 unspecified atom stereocenters. The molecule has 158 valence electrons. The van der Waals surface area contributed by atoms with E-state index in [0.29, 0.717) is 72.4 Å². The first-order chi connectivity index (χ1) is 12.6. The highest BCUT2D eigenvalue weighted by Gasteiger charge is 2.02. The maximum Gasteiger partial charge on any atom is 0.264 e. The van der Waals surface area contributed by atoms with E-state index < -0.39 is 10.1 Å². The average Bonchev–Trinajstić information content (AvgIpc) is 2.59. The third kappa shape index (κ3) is 23.7. The van der Waals surface area contributed by atoms with Gasteiger partial charge in [0.1, 0.15) is 0 Å². The highest BCUT2D eigenvalue weighted by Crippen LogP contribution is 1.87. The van der Waals surface area contributed by atoms with Crippen LogP contribution >= 0.6 is 0 Å². The molecule has 2 N–H and O–H groups in total. The van der Waals surface area contributed by atoms with Gasteiger partial charge in [0.15, 0.2) is 0 Å². The van der Waals surface area contributed by atoms with E-state index in [0.717, 1.165) is 19.6 Å². The van der Waals surface area contributed by atoms with E-state index in [-0.39, 0.29) is 5.75 Å². The fourth-order valence-electron chi connectivity index (χ4n) is 1.82. The van der Waals surface area contributed by atoms with Crippen molar-refractivity contribution in [3.63, 3.8) is 0 Å². The second-order valence-corrected chi connectivity index (χ2v) is 6.96. The molecule has 0 atom stereocenters. The molecule has 26 heavy (non-hydrogen) atoms. The third-order valence-corrected chi connectivity index (χ3v) is 3.88. The summed E-state index contributed by atoms with van der Waals surface area (Å²) in [6.45, 7) is 8.97. The number of rotatable bonds is 21. The zero-order chi connectivity index (χ0) is 19.3. The van der Waals surface area contributed by atoms with Crippen LogP contribution in [0.1, 0.15) is 19.8 Å². The first kappa shape index (κ1) is 25.7. The Balaban J connectivity index is 3.03. The molecule has 0 aromatic carbocycles. The van der Waals surface area contributed by atoms with E-state index in [9.17, 15) is 8.42 Å². The molecule has 10 heteroatoms. The Kier molecular flexibility index (Phi) is 19.2. The first-order valence-corrected chi connectivity index (χ1v) is 10.7. The van der Waals surface area contributed by atoms with Crippen LogP contribution in [0.15, 0.2) is 0 Å². The lowest BCUT2D eigenvalue weighted by Crippen LogP contribution is -2.23. The monoisotopic (exact) mass is 401 g/mol. The predicted molar refractivity (Wildman–Crippen MR) is 98.3 cm³/mol. The molecule has 9 nitrogen and oxygen atoms in total. The summed E-state index contributed by atoms with van der Waals surface area (Å²) >= 11 is 0. The smallest absolute Gasteiger partial charge is 0.264 e. The molecule has 0 bridgehead atoms. The molecule has 0 rings (SSSR count). The minimum Gasteiger partial charge on any atom is -0.382 e. The molecule has 0 aliphatic carbocycles. The lowest BCUT2D eigenvalue weighted by molar-refractivity contribution is -0.00364. The van der Waals surface area contributed by atoms with Crippen molar-refractivity contribution < 1.29 is 36.7 Å². The van der Waals surface area contributed by atoms with Crippen LogP contribution in [0.3, 0.4) is 0 Å². The van der Waals surface area contributed by atoms with Gasteiger partial charge in [-0.3, -0.25) is 4.55 Å². The van der Waals surface area contributed by atoms with Crippen molar-refractivity contribution in [3.8, 4) is 0 Å². The van der Waals surface area contributed by atoms with Crippen LogP contribution in [0.25, 0.3) is 0 Å². The molecule has 0 aromatic heterocycles. The molecule has 0 radical (unpaired) electrons. The van der Waals surface area contributed by atoms with Crippen LogP contribution in [-0.2, 0) is 33.8 Å². The minimum absolute atomic E-state index is 0.225. The van der Waals surface area contributed by atoms with Gasteiger partial charge in [-0.25, -0.2) is 0 Å². The first-order valence-electron chi connectivity index (χ1n) is 9.11. The van der Waals surface area contributed by atoms with Gasteiger partial charge in [-0.15, -0.1) is 0 Å². The molecule has 0 heterocycles. The maximum atomic E-state index is 10.5. The van der Waals surface area contributed by atoms with Gasteiger partial charge >= 0.3 is 0 Å². The van der Waals surface area contributed by atoms with Crippen molar-refractivity contribution in [1.29, 1.82) is 0 Å². The SMILES string of the molecule is CCOCCCOCCOCCOCCOCCNCCCS(=O)(=O)O. The van der Waals surface area contributed by atoms with Crippen LogP contribution in [0.2, 0.25) is 0 Å². The highest BCUT2D eigenvalue weighted by atomic mass is 32.2. The fraction of sp³-hybridized carbons (Fsp3) is 1.00. The fourth-order valence-corrected chi connectivity index (χ4v) is 2.33. The summed E-state index contributed by atoms with van der Waals surface area (Å²) in [6.07, 6.45) is 1.28. The van der Waals surface area contributed by atoms with Crippen molar-refractivity contribution >= 4 is 10.1 Å². The van der Waals surface area contributed by atoms with Crippen molar-refractivity contribution in [2.75, 3.05) is 84.9 Å². The zero-order valence-electron chi connectivity index (χ0n) is 15.8. The van der Waals surface area contributed by atoms with E-state index in [1.54, 1.807) is 0 Å². The van der Waals surface area contributed by atoms with Gasteiger partial charge in [0.2, 0.25) is 0 Å². The molecule has 0 saturated heterocycles. The summed E-state index contributed by atoms with van der Waals surface area (Å²) in [6, 6.07) is 0. The number of nitrogens with one attached hydrogen (secondary N) is 1. The van der Waals surface area contributed by atoms with Crippen LogP contribution < -0.4 is 5.32 Å². The standard InChI is InChI=1S/C16H35NO8S/c1-2-21-7-4-8-22-10-12-24-14-15-25-13-11-23-9-6-17-5-3-16-26(18,19)20/h17H,2-16H2,1H3,(H,18,19,20). The van der Waals surface area contributed by atoms with E-state index >= 15 is 0 Å². The molecule has 0 aliphatic heterocycles. The summed E-state index contributed by atoms with van der Waals surface area (Å²) in [5.41, 5.74) is 0. The van der Waals surface area contributed by atoms with Crippen molar-refractivity contribution in [2.45, 2.75) is 19.8 Å². The number of ether oxygens (including phenoxy) is 5. The molecule has 0 spiro atoms. The van der Waals surface area contributed by atoms with Crippen LogP contribution in [0.4, 0.5) is 0 Å². The maximum absolute atomic E-state index is 10.5. The summed E-state index contributed by atoms with van der Waals surface area (Å²) < 4.78 is 56.2. The van der Waals surface area contributed by atoms with E-state index in [1.807, 2.05) is 6.92 Å². The number of hydrogen-bond donors (Lipinski definition) is 2. The Morgan fingerprint density at radius 3 is 1.73 bits per heavy atom. The quantitative estimate of drug-likeness (QED) is 0.208. The lowest BCUT2D eigenvalue weighted by Gasteiger charge is -2.08. The summed E-state index contributed by atoms with van der Waals surface area (Å²) in [7, 11) is -3.86. The summed E-state index contributed by atoms with van der Waals surface area (Å²) in [4.78, 5) is 0. The van der Waals surface area contributed by atoms with Crippen molar-refractivity contribution in [3.05, 3.63) is 0 Å².